The summed E-state index contributed by atoms with van der Waals surface area (Å²) in [6, 6.07) is -0.477. The van der Waals surface area contributed by atoms with E-state index in [0.717, 1.165) is 11.3 Å². The van der Waals surface area contributed by atoms with Gasteiger partial charge in [-0.25, -0.2) is 18.5 Å². The topological polar surface area (TPSA) is 114 Å². The number of carbonyl (C=O) groups excluding carboxylic acids is 1. The maximum Gasteiger partial charge on any atom is 0.249 e. The van der Waals surface area contributed by atoms with Crippen LogP contribution in [-0.2, 0) is 14.8 Å². The fourth-order valence-corrected chi connectivity index (χ4v) is 2.77. The fourth-order valence-electron chi connectivity index (χ4n) is 1.28. The number of carbonyl (C=O) groups is 1. The van der Waals surface area contributed by atoms with Gasteiger partial charge in [0.05, 0.1) is 6.20 Å². The van der Waals surface area contributed by atoms with Crippen LogP contribution in [0, 0.1) is 5.92 Å². The van der Waals surface area contributed by atoms with E-state index >= 15 is 0 Å². The molecule has 0 aliphatic carbocycles. The standard InChI is InChI=1S/C9H16N4O3S2/c1-5(2)7(8(14)11-3)13-9-12-4-6(17-9)18(10,15)16/h4-5,7H,1-3H3,(H,11,14)(H,12,13)(H2,10,15,16). The number of rotatable bonds is 5. The number of hydrogen-bond donors (Lipinski definition) is 3. The molecule has 0 fully saturated rings. The molecule has 18 heavy (non-hydrogen) atoms. The third kappa shape index (κ3) is 3.65. The number of hydrogen-bond acceptors (Lipinski definition) is 6. The van der Waals surface area contributed by atoms with E-state index in [-0.39, 0.29) is 16.0 Å². The molecule has 1 unspecified atom stereocenters. The number of nitrogens with two attached hydrogens (primary N) is 1. The van der Waals surface area contributed by atoms with Crippen LogP contribution < -0.4 is 15.8 Å². The van der Waals surface area contributed by atoms with Gasteiger partial charge in [-0.3, -0.25) is 4.79 Å². The molecule has 0 spiro atoms. The number of sulfonamides is 1. The lowest BCUT2D eigenvalue weighted by Gasteiger charge is -2.19. The van der Waals surface area contributed by atoms with Gasteiger partial charge in [-0.1, -0.05) is 25.2 Å². The molecular weight excluding hydrogens is 276 g/mol. The first-order valence-electron chi connectivity index (χ1n) is 5.22. The molecule has 0 saturated carbocycles. The van der Waals surface area contributed by atoms with E-state index in [0.29, 0.717) is 5.13 Å². The van der Waals surface area contributed by atoms with E-state index in [1.165, 1.54) is 13.2 Å². The summed E-state index contributed by atoms with van der Waals surface area (Å²) in [5.41, 5.74) is 0. The Kier molecular flexibility index (Phi) is 4.65. The van der Waals surface area contributed by atoms with Gasteiger partial charge in [0.25, 0.3) is 0 Å². The second-order valence-corrected chi connectivity index (χ2v) is 6.83. The van der Waals surface area contributed by atoms with Crippen molar-refractivity contribution >= 4 is 32.4 Å². The normalized spacial score (nSPS) is 13.4. The first kappa shape index (κ1) is 14.9. The summed E-state index contributed by atoms with van der Waals surface area (Å²) in [7, 11) is -2.21. The minimum Gasteiger partial charge on any atom is -0.357 e. The van der Waals surface area contributed by atoms with Gasteiger partial charge in [-0.05, 0) is 5.92 Å². The van der Waals surface area contributed by atoms with E-state index in [2.05, 4.69) is 15.6 Å². The van der Waals surface area contributed by atoms with Crippen molar-refractivity contribution in [1.29, 1.82) is 0 Å². The van der Waals surface area contributed by atoms with Crippen LogP contribution in [-0.4, -0.2) is 32.4 Å². The van der Waals surface area contributed by atoms with Gasteiger partial charge in [0.15, 0.2) is 9.34 Å². The summed E-state index contributed by atoms with van der Waals surface area (Å²) in [5, 5.41) is 10.8. The summed E-state index contributed by atoms with van der Waals surface area (Å²) in [6.45, 7) is 3.75. The van der Waals surface area contributed by atoms with E-state index < -0.39 is 16.1 Å². The van der Waals surface area contributed by atoms with Crippen LogP contribution in [0.5, 0.6) is 0 Å². The highest BCUT2D eigenvalue weighted by atomic mass is 32.2. The molecule has 9 heteroatoms. The van der Waals surface area contributed by atoms with Crippen LogP contribution in [0.4, 0.5) is 5.13 Å². The Morgan fingerprint density at radius 3 is 2.50 bits per heavy atom. The van der Waals surface area contributed by atoms with Gasteiger partial charge in [0, 0.05) is 7.05 Å². The van der Waals surface area contributed by atoms with Gasteiger partial charge in [-0.15, -0.1) is 0 Å². The van der Waals surface area contributed by atoms with Gasteiger partial charge in [0.1, 0.15) is 6.04 Å². The summed E-state index contributed by atoms with van der Waals surface area (Å²) in [6.07, 6.45) is 1.17. The third-order valence-electron chi connectivity index (χ3n) is 2.24. The van der Waals surface area contributed by atoms with Crippen molar-refractivity contribution in [3.63, 3.8) is 0 Å². The average Bonchev–Trinajstić information content (AvgIpc) is 2.72. The second kappa shape index (κ2) is 5.63. The Hall–Kier alpha value is -1.19. The van der Waals surface area contributed by atoms with Crippen molar-refractivity contribution in [1.82, 2.24) is 10.3 Å². The fraction of sp³-hybridized carbons (Fsp3) is 0.556. The summed E-state index contributed by atoms with van der Waals surface area (Å²) < 4.78 is 22.2. The van der Waals surface area contributed by atoms with Crippen molar-refractivity contribution < 1.29 is 13.2 Å². The maximum atomic E-state index is 11.6. The first-order valence-corrected chi connectivity index (χ1v) is 7.58. The number of anilines is 1. The zero-order valence-electron chi connectivity index (χ0n) is 10.3. The molecule has 1 aromatic heterocycles. The molecule has 0 aliphatic rings. The highest BCUT2D eigenvalue weighted by Crippen LogP contribution is 2.23. The molecule has 1 aromatic rings. The number of likely N-dealkylation sites (N-methyl/N-ethyl adjacent to an activating group) is 1. The monoisotopic (exact) mass is 292 g/mol. The predicted molar refractivity (Wildman–Crippen MR) is 69.8 cm³/mol. The van der Waals surface area contributed by atoms with Crippen molar-refractivity contribution in [2.24, 2.45) is 11.1 Å². The highest BCUT2D eigenvalue weighted by molar-refractivity contribution is 7.91. The molecule has 1 heterocycles. The molecule has 0 saturated heterocycles. The lowest BCUT2D eigenvalue weighted by atomic mass is 10.0. The molecule has 0 radical (unpaired) electrons. The maximum absolute atomic E-state index is 11.6. The average molecular weight is 292 g/mol. The number of aromatic nitrogens is 1. The van der Waals surface area contributed by atoms with Crippen LogP contribution in [0.2, 0.25) is 0 Å². The zero-order chi connectivity index (χ0) is 13.9. The van der Waals surface area contributed by atoms with Crippen molar-refractivity contribution in [2.75, 3.05) is 12.4 Å². The molecule has 1 rings (SSSR count). The van der Waals surface area contributed by atoms with E-state index in [4.69, 9.17) is 5.14 Å². The third-order valence-corrected chi connectivity index (χ3v) is 4.58. The van der Waals surface area contributed by atoms with Crippen LogP contribution in [0.15, 0.2) is 10.4 Å². The lowest BCUT2D eigenvalue weighted by Crippen LogP contribution is -2.41. The van der Waals surface area contributed by atoms with Crippen molar-refractivity contribution in [2.45, 2.75) is 24.1 Å². The second-order valence-electron chi connectivity index (χ2n) is 4.01. The van der Waals surface area contributed by atoms with Crippen LogP contribution in [0.25, 0.3) is 0 Å². The van der Waals surface area contributed by atoms with Crippen LogP contribution in [0.3, 0.4) is 0 Å². The van der Waals surface area contributed by atoms with Gasteiger partial charge in [-0.2, -0.15) is 0 Å². The number of thiazole rings is 1. The molecule has 4 N–H and O–H groups in total. The molecule has 0 aliphatic heterocycles. The summed E-state index contributed by atoms with van der Waals surface area (Å²) >= 11 is 0.898. The Morgan fingerprint density at radius 1 is 1.50 bits per heavy atom. The molecule has 7 nitrogen and oxygen atoms in total. The Balaban J connectivity index is 2.89. The Bertz CT molecular complexity index is 524. The predicted octanol–water partition coefficient (Wildman–Crippen LogP) is -0.0270. The van der Waals surface area contributed by atoms with Gasteiger partial charge >= 0.3 is 0 Å². The van der Waals surface area contributed by atoms with E-state index in [1.807, 2.05) is 13.8 Å². The van der Waals surface area contributed by atoms with Crippen molar-refractivity contribution in [3.8, 4) is 0 Å². The Morgan fingerprint density at radius 2 is 2.11 bits per heavy atom. The molecule has 1 atom stereocenters. The Labute approximate surface area is 110 Å². The lowest BCUT2D eigenvalue weighted by molar-refractivity contribution is -0.122. The van der Waals surface area contributed by atoms with Crippen LogP contribution in [0.1, 0.15) is 13.8 Å². The minimum atomic E-state index is -3.75. The first-order chi connectivity index (χ1) is 8.25. The molecule has 0 bridgehead atoms. The van der Waals surface area contributed by atoms with Crippen LogP contribution >= 0.6 is 11.3 Å². The molecule has 102 valence electrons. The highest BCUT2D eigenvalue weighted by Gasteiger charge is 2.23. The molecule has 0 aromatic carbocycles. The summed E-state index contributed by atoms with van der Waals surface area (Å²) in [4.78, 5) is 15.5. The zero-order valence-corrected chi connectivity index (χ0v) is 11.9. The largest absolute Gasteiger partial charge is 0.357 e. The van der Waals surface area contributed by atoms with Crippen molar-refractivity contribution in [3.05, 3.63) is 6.20 Å². The quantitative estimate of drug-likeness (QED) is 0.705. The SMILES string of the molecule is CNC(=O)C(Nc1ncc(S(N)(=O)=O)s1)C(C)C. The minimum absolute atomic E-state index is 0.0341. The number of nitrogens with one attached hydrogen (secondary N) is 2. The number of amides is 1. The van der Waals surface area contributed by atoms with E-state index in [1.54, 1.807) is 0 Å². The summed E-state index contributed by atoms with van der Waals surface area (Å²) in [5.74, 6) is -0.149. The molecular formula is C9H16N4O3S2. The van der Waals surface area contributed by atoms with Gasteiger partial charge < -0.3 is 10.6 Å². The smallest absolute Gasteiger partial charge is 0.249 e. The number of nitrogens with zero attached hydrogens (tertiary/aromatic N) is 1. The molecule has 1 amide bonds. The van der Waals surface area contributed by atoms with E-state index in [9.17, 15) is 13.2 Å². The van der Waals surface area contributed by atoms with Gasteiger partial charge in [0.2, 0.25) is 15.9 Å². The number of primary sulfonamides is 1.